The molecule has 2 aromatic carbocycles. The second-order valence-electron chi connectivity index (χ2n) is 12.2. The molecule has 1 saturated carbocycles. The van der Waals surface area contributed by atoms with Crippen LogP contribution in [0, 0.1) is 26.2 Å². The number of nitrogens with one attached hydrogen (secondary N) is 1. The number of aromatic nitrogens is 4. The summed E-state index contributed by atoms with van der Waals surface area (Å²) in [4.78, 5) is 23.4. The smallest absolute Gasteiger partial charge is 0.355 e. The first kappa shape index (κ1) is 32.6. The van der Waals surface area contributed by atoms with Gasteiger partial charge in [0.05, 0.1) is 22.0 Å². The molecule has 0 spiro atoms. The molecule has 2 aromatic heterocycles. The van der Waals surface area contributed by atoms with Crippen molar-refractivity contribution in [3.63, 3.8) is 0 Å². The Labute approximate surface area is 260 Å². The molecule has 2 heterocycles. The van der Waals surface area contributed by atoms with Crippen LogP contribution in [0.2, 0.25) is 0 Å². The number of carbonyl (C=O) groups is 1. The van der Waals surface area contributed by atoms with Gasteiger partial charge in [-0.2, -0.15) is 30.8 Å². The van der Waals surface area contributed by atoms with Crippen LogP contribution in [0.3, 0.4) is 0 Å². The lowest BCUT2D eigenvalue weighted by Crippen LogP contribution is -2.43. The molecule has 0 aliphatic heterocycles. The molecule has 5 rings (SSSR count). The minimum atomic E-state index is -4.45. The van der Waals surface area contributed by atoms with Gasteiger partial charge in [0.2, 0.25) is 5.91 Å². The van der Waals surface area contributed by atoms with Gasteiger partial charge in [-0.1, -0.05) is 23.8 Å². The molecule has 240 valence electrons. The maximum absolute atomic E-state index is 14.1. The van der Waals surface area contributed by atoms with Gasteiger partial charge in [-0.3, -0.25) is 4.79 Å². The SMILES string of the molecule is Cc1ccc(S(=O)(=O)n2ncc3c(C)c(C[C@@H](CNC(=O)C[C@H](c4cnc(C)nc4)C4(C(F)(F)F)CC4)N(C)C)ccc32)cc1. The molecule has 0 bridgehead atoms. The Morgan fingerprint density at radius 1 is 1.02 bits per heavy atom. The summed E-state index contributed by atoms with van der Waals surface area (Å²) < 4.78 is 70.0. The molecule has 2 atom stereocenters. The van der Waals surface area contributed by atoms with Crippen LogP contribution in [0.15, 0.2) is 59.9 Å². The summed E-state index contributed by atoms with van der Waals surface area (Å²) >= 11 is 0. The van der Waals surface area contributed by atoms with Crippen molar-refractivity contribution >= 4 is 26.8 Å². The van der Waals surface area contributed by atoms with E-state index < -0.39 is 33.4 Å². The number of hydrogen-bond donors (Lipinski definition) is 1. The number of amides is 1. The van der Waals surface area contributed by atoms with Gasteiger partial charge in [-0.15, -0.1) is 0 Å². The highest BCUT2D eigenvalue weighted by atomic mass is 32.2. The van der Waals surface area contributed by atoms with E-state index in [0.717, 1.165) is 20.8 Å². The van der Waals surface area contributed by atoms with E-state index in [1.165, 1.54) is 18.6 Å². The molecule has 4 aromatic rings. The van der Waals surface area contributed by atoms with Gasteiger partial charge in [0.25, 0.3) is 10.0 Å². The Kier molecular flexibility index (Phi) is 8.80. The minimum absolute atomic E-state index is 0.0344. The number of rotatable bonds is 11. The molecule has 1 aliphatic rings. The van der Waals surface area contributed by atoms with Gasteiger partial charge in [-0.25, -0.2) is 9.97 Å². The molecule has 45 heavy (non-hydrogen) atoms. The lowest BCUT2D eigenvalue weighted by atomic mass is 9.81. The van der Waals surface area contributed by atoms with Crippen LogP contribution < -0.4 is 5.32 Å². The number of likely N-dealkylation sites (N-methyl/N-ethyl adjacent to an activating group) is 1. The van der Waals surface area contributed by atoms with E-state index in [4.69, 9.17) is 0 Å². The highest BCUT2D eigenvalue weighted by molar-refractivity contribution is 7.90. The van der Waals surface area contributed by atoms with Crippen molar-refractivity contribution in [3.05, 3.63) is 83.1 Å². The largest absolute Gasteiger partial charge is 0.395 e. The Morgan fingerprint density at radius 2 is 1.67 bits per heavy atom. The quantitative estimate of drug-likeness (QED) is 0.243. The predicted molar refractivity (Wildman–Crippen MR) is 164 cm³/mol. The van der Waals surface area contributed by atoms with Crippen LogP contribution in [0.25, 0.3) is 10.9 Å². The summed E-state index contributed by atoms with van der Waals surface area (Å²) in [6.07, 6.45) is -0.0172. The third-order valence-corrected chi connectivity index (χ3v) is 10.6. The summed E-state index contributed by atoms with van der Waals surface area (Å²) in [6.45, 7) is 5.64. The molecule has 1 amide bonds. The Hall–Kier alpha value is -3.84. The van der Waals surface area contributed by atoms with E-state index >= 15 is 0 Å². The minimum Gasteiger partial charge on any atom is -0.355 e. The van der Waals surface area contributed by atoms with E-state index in [1.54, 1.807) is 37.3 Å². The number of halogens is 3. The second-order valence-corrected chi connectivity index (χ2v) is 14.0. The van der Waals surface area contributed by atoms with Gasteiger partial charge in [0.1, 0.15) is 5.82 Å². The van der Waals surface area contributed by atoms with Crippen molar-refractivity contribution in [3.8, 4) is 0 Å². The first-order valence-corrected chi connectivity index (χ1v) is 16.1. The molecule has 0 saturated heterocycles. The van der Waals surface area contributed by atoms with Gasteiger partial charge in [0, 0.05) is 42.7 Å². The van der Waals surface area contributed by atoms with E-state index in [2.05, 4.69) is 20.4 Å². The monoisotopic (exact) mass is 642 g/mol. The van der Waals surface area contributed by atoms with Crippen molar-refractivity contribution in [2.24, 2.45) is 5.41 Å². The summed E-state index contributed by atoms with van der Waals surface area (Å²) in [5, 5.41) is 7.77. The van der Waals surface area contributed by atoms with Gasteiger partial charge in [-0.05, 0) is 89.0 Å². The van der Waals surface area contributed by atoms with Crippen LogP contribution in [-0.2, 0) is 21.2 Å². The van der Waals surface area contributed by atoms with Crippen molar-refractivity contribution in [2.75, 3.05) is 20.6 Å². The number of nitrogens with zero attached hydrogens (tertiary/aromatic N) is 5. The van der Waals surface area contributed by atoms with Crippen LogP contribution in [0.5, 0.6) is 0 Å². The third kappa shape index (κ3) is 6.46. The number of alkyl halides is 3. The maximum Gasteiger partial charge on any atom is 0.395 e. The molecule has 0 radical (unpaired) electrons. The number of benzene rings is 2. The molecular weight excluding hydrogens is 605 g/mol. The molecule has 0 unspecified atom stereocenters. The first-order chi connectivity index (χ1) is 21.1. The summed E-state index contributed by atoms with van der Waals surface area (Å²) in [5.41, 5.74) is 1.55. The zero-order chi connectivity index (χ0) is 32.7. The number of carbonyl (C=O) groups excluding carboxylic acids is 1. The van der Waals surface area contributed by atoms with Crippen molar-refractivity contribution in [2.45, 2.75) is 69.5 Å². The molecular formula is C32H37F3N6O3S. The van der Waals surface area contributed by atoms with Crippen molar-refractivity contribution < 1.29 is 26.4 Å². The zero-order valence-corrected chi connectivity index (χ0v) is 26.7. The Balaban J connectivity index is 1.32. The molecule has 1 aliphatic carbocycles. The average molecular weight is 643 g/mol. The van der Waals surface area contributed by atoms with E-state index in [-0.39, 0.29) is 36.7 Å². The molecule has 1 N–H and O–H groups in total. The molecule has 13 heteroatoms. The van der Waals surface area contributed by atoms with Gasteiger partial charge >= 0.3 is 6.18 Å². The molecule has 9 nitrogen and oxygen atoms in total. The third-order valence-electron chi connectivity index (χ3n) is 8.98. The first-order valence-electron chi connectivity index (χ1n) is 14.7. The van der Waals surface area contributed by atoms with E-state index in [1.807, 2.05) is 38.9 Å². The highest BCUT2D eigenvalue weighted by Crippen LogP contribution is 2.66. The zero-order valence-electron chi connectivity index (χ0n) is 25.9. The van der Waals surface area contributed by atoms with Gasteiger partial charge in [0.15, 0.2) is 0 Å². The van der Waals surface area contributed by atoms with Crippen molar-refractivity contribution in [1.29, 1.82) is 0 Å². The summed E-state index contributed by atoms with van der Waals surface area (Å²) in [5.74, 6) is -1.10. The predicted octanol–water partition coefficient (Wildman–Crippen LogP) is 5.09. The maximum atomic E-state index is 14.1. The highest BCUT2D eigenvalue weighted by Gasteiger charge is 2.67. The number of fused-ring (bicyclic) bond motifs is 1. The lowest BCUT2D eigenvalue weighted by Gasteiger charge is -2.30. The standard InChI is InChI=1S/C32H37F3N6O3S/c1-20-6-9-26(10-7-20)45(43,44)41-29-11-8-23(21(2)27(29)19-39-41)14-25(40(4)5)18-38-30(42)15-28(24-16-36-22(3)37-17-24)31(12-13-31)32(33,34)35/h6-11,16-17,19,25,28H,12-15,18H2,1-5H3,(H,38,42)/t25-,28+/m0/s1. The Bertz CT molecular complexity index is 1800. The average Bonchev–Trinajstić information content (AvgIpc) is 3.68. The topological polar surface area (TPSA) is 110 Å². The van der Waals surface area contributed by atoms with E-state index in [9.17, 15) is 26.4 Å². The van der Waals surface area contributed by atoms with Crippen LogP contribution >= 0.6 is 0 Å². The van der Waals surface area contributed by atoms with E-state index in [0.29, 0.717) is 28.7 Å². The van der Waals surface area contributed by atoms with Crippen LogP contribution in [-0.4, -0.2) is 71.2 Å². The van der Waals surface area contributed by atoms with Crippen LogP contribution in [0.1, 0.15) is 53.3 Å². The number of hydrogen-bond acceptors (Lipinski definition) is 7. The summed E-state index contributed by atoms with van der Waals surface area (Å²) in [6, 6.07) is 9.97. The fraction of sp³-hybridized carbons (Fsp3) is 0.438. The fourth-order valence-electron chi connectivity index (χ4n) is 5.84. The van der Waals surface area contributed by atoms with Gasteiger partial charge < -0.3 is 10.2 Å². The normalized spacial score (nSPS) is 16.1. The second kappa shape index (κ2) is 12.2. The number of aryl methyl sites for hydroxylation is 3. The fourth-order valence-corrected chi connectivity index (χ4v) is 7.11. The Morgan fingerprint density at radius 3 is 2.24 bits per heavy atom. The molecule has 1 fully saturated rings. The summed E-state index contributed by atoms with van der Waals surface area (Å²) in [7, 11) is -0.165. The lowest BCUT2D eigenvalue weighted by molar-refractivity contribution is -0.194. The van der Waals surface area contributed by atoms with Crippen molar-refractivity contribution in [1.82, 2.24) is 29.4 Å². The van der Waals surface area contributed by atoms with Crippen LogP contribution in [0.4, 0.5) is 13.2 Å².